The Hall–Kier alpha value is -3.85. The molecule has 2 aromatic carbocycles. The van der Waals surface area contributed by atoms with Crippen molar-refractivity contribution in [2.45, 2.75) is 19.3 Å². The maximum absolute atomic E-state index is 14.7. The molecular formula is C26H26FN3O5. The molecule has 2 N–H and O–H groups in total. The number of aryl methyl sites for hydroxylation is 1. The Kier molecular flexibility index (Phi) is 6.41. The van der Waals surface area contributed by atoms with Crippen molar-refractivity contribution < 1.29 is 23.4 Å². The number of aromatic nitrogens is 1. The van der Waals surface area contributed by atoms with Crippen molar-refractivity contribution >= 4 is 33.7 Å². The third-order valence-corrected chi connectivity index (χ3v) is 6.52. The molecule has 8 nitrogen and oxygen atoms in total. The van der Waals surface area contributed by atoms with Gasteiger partial charge in [-0.1, -0.05) is 0 Å². The van der Waals surface area contributed by atoms with Crippen molar-refractivity contribution in [3.63, 3.8) is 0 Å². The van der Waals surface area contributed by atoms with Crippen molar-refractivity contribution in [3.05, 3.63) is 70.5 Å². The average Bonchev–Trinajstić information content (AvgIpc) is 3.23. The van der Waals surface area contributed by atoms with E-state index in [1.54, 1.807) is 24.3 Å². The Morgan fingerprint density at radius 1 is 1.09 bits per heavy atom. The van der Waals surface area contributed by atoms with E-state index in [1.165, 1.54) is 12.1 Å². The number of benzene rings is 2. The molecular weight excluding hydrogens is 453 g/mol. The van der Waals surface area contributed by atoms with Crippen LogP contribution < -0.4 is 15.3 Å². The second-order valence-electron chi connectivity index (χ2n) is 8.77. The molecule has 1 aliphatic rings. The van der Waals surface area contributed by atoms with E-state index in [2.05, 4.69) is 9.88 Å². The third kappa shape index (κ3) is 5.14. The first kappa shape index (κ1) is 22.9. The van der Waals surface area contributed by atoms with E-state index in [0.717, 1.165) is 68.5 Å². The number of carboxylic acid groups (broad SMARTS) is 1. The molecule has 35 heavy (non-hydrogen) atoms. The lowest BCUT2D eigenvalue weighted by Gasteiger charge is -2.36. The first-order valence-electron chi connectivity index (χ1n) is 11.7. The van der Waals surface area contributed by atoms with Gasteiger partial charge in [-0.05, 0) is 61.7 Å². The van der Waals surface area contributed by atoms with Crippen LogP contribution in [0.1, 0.15) is 18.4 Å². The van der Waals surface area contributed by atoms with Crippen molar-refractivity contribution in [1.29, 1.82) is 0 Å². The summed E-state index contributed by atoms with van der Waals surface area (Å²) in [4.78, 5) is 29.8. The largest absolute Gasteiger partial charge is 0.511 e. The Morgan fingerprint density at radius 3 is 2.71 bits per heavy atom. The van der Waals surface area contributed by atoms with Crippen LogP contribution in [0, 0.1) is 5.82 Å². The molecule has 0 atom stereocenters. The number of anilines is 1. The zero-order valence-electron chi connectivity index (χ0n) is 19.1. The Morgan fingerprint density at radius 2 is 1.91 bits per heavy atom. The minimum atomic E-state index is -1.32. The number of nitrogens with zero attached hydrogens (tertiary/aromatic N) is 2. The molecule has 0 saturated carbocycles. The predicted molar refractivity (Wildman–Crippen MR) is 131 cm³/mol. The fraction of sp³-hybridized carbons (Fsp3) is 0.308. The summed E-state index contributed by atoms with van der Waals surface area (Å²) in [6.07, 6.45) is 3.56. The van der Waals surface area contributed by atoms with Crippen LogP contribution in [0.2, 0.25) is 0 Å². The Bertz CT molecular complexity index is 1420. The van der Waals surface area contributed by atoms with Crippen molar-refractivity contribution in [1.82, 2.24) is 9.88 Å². The van der Waals surface area contributed by atoms with Gasteiger partial charge in [0, 0.05) is 60.8 Å². The number of H-pyrrole nitrogens is 1. The van der Waals surface area contributed by atoms with Crippen LogP contribution in [-0.4, -0.2) is 53.9 Å². The fourth-order valence-corrected chi connectivity index (χ4v) is 4.71. The van der Waals surface area contributed by atoms with Gasteiger partial charge >= 0.3 is 11.8 Å². The van der Waals surface area contributed by atoms with Crippen LogP contribution in [0.15, 0.2) is 57.9 Å². The lowest BCUT2D eigenvalue weighted by Crippen LogP contribution is -2.46. The highest BCUT2D eigenvalue weighted by Crippen LogP contribution is 2.27. The molecule has 1 aliphatic heterocycles. The summed E-state index contributed by atoms with van der Waals surface area (Å²) in [6.45, 7) is 4.13. The number of ether oxygens (including phenoxy) is 1. The number of fused-ring (bicyclic) bond motifs is 2. The maximum Gasteiger partial charge on any atom is 0.511 e. The van der Waals surface area contributed by atoms with E-state index < -0.39 is 11.8 Å². The molecule has 0 bridgehead atoms. The molecule has 182 valence electrons. The van der Waals surface area contributed by atoms with E-state index in [1.807, 2.05) is 17.2 Å². The highest BCUT2D eigenvalue weighted by atomic mass is 19.1. The number of unbranched alkanes of at least 4 members (excludes halogenated alkanes) is 1. The highest BCUT2D eigenvalue weighted by Gasteiger charge is 2.20. The summed E-state index contributed by atoms with van der Waals surface area (Å²) in [7, 11) is 0. The van der Waals surface area contributed by atoms with Gasteiger partial charge in [-0.25, -0.2) is 14.0 Å². The average molecular weight is 480 g/mol. The molecule has 4 aromatic rings. The lowest BCUT2D eigenvalue weighted by atomic mass is 10.1. The van der Waals surface area contributed by atoms with Gasteiger partial charge in [-0.15, -0.1) is 0 Å². The molecule has 0 unspecified atom stereocenters. The standard InChI is InChI=1S/C26H26FN3O5/c27-21-15-24-17(4-7-25(31)35-24)13-23(21)30-11-9-29(10-12-30)8-2-1-3-18-16-28-22-6-5-19(14-20(18)22)34-26(32)33/h4-7,13-16,28H,1-3,8-12H2,(H,32,33). The summed E-state index contributed by atoms with van der Waals surface area (Å²) < 4.78 is 24.5. The lowest BCUT2D eigenvalue weighted by molar-refractivity contribution is 0.144. The van der Waals surface area contributed by atoms with E-state index in [-0.39, 0.29) is 11.4 Å². The monoisotopic (exact) mass is 479 g/mol. The first-order chi connectivity index (χ1) is 17.0. The Balaban J connectivity index is 1.12. The van der Waals surface area contributed by atoms with Crippen LogP contribution in [0.3, 0.4) is 0 Å². The topological polar surface area (TPSA) is 99.0 Å². The quantitative estimate of drug-likeness (QED) is 0.173. The first-order valence-corrected chi connectivity index (χ1v) is 11.7. The number of carbonyl (C=O) groups is 1. The minimum absolute atomic E-state index is 0.262. The summed E-state index contributed by atoms with van der Waals surface area (Å²) in [6, 6.07) is 11.3. The van der Waals surface area contributed by atoms with Crippen LogP contribution in [0.5, 0.6) is 5.75 Å². The number of aromatic amines is 1. The zero-order valence-corrected chi connectivity index (χ0v) is 19.1. The van der Waals surface area contributed by atoms with E-state index in [0.29, 0.717) is 16.8 Å². The van der Waals surface area contributed by atoms with Gasteiger partial charge in [0.25, 0.3) is 0 Å². The van der Waals surface area contributed by atoms with Gasteiger partial charge in [-0.2, -0.15) is 0 Å². The minimum Gasteiger partial charge on any atom is -0.449 e. The van der Waals surface area contributed by atoms with Gasteiger partial charge in [0.05, 0.1) is 5.69 Å². The van der Waals surface area contributed by atoms with Crippen LogP contribution >= 0.6 is 0 Å². The second-order valence-corrected chi connectivity index (χ2v) is 8.77. The molecule has 0 radical (unpaired) electrons. The van der Waals surface area contributed by atoms with Crippen molar-refractivity contribution in [2.24, 2.45) is 0 Å². The highest BCUT2D eigenvalue weighted by molar-refractivity contribution is 5.85. The summed E-state index contributed by atoms with van der Waals surface area (Å²) in [5, 5.41) is 10.5. The molecule has 0 amide bonds. The van der Waals surface area contributed by atoms with Crippen LogP contribution in [-0.2, 0) is 6.42 Å². The van der Waals surface area contributed by atoms with Crippen molar-refractivity contribution in [3.8, 4) is 5.75 Å². The van der Waals surface area contributed by atoms with E-state index in [4.69, 9.17) is 14.3 Å². The number of hydrogen-bond donors (Lipinski definition) is 2. The third-order valence-electron chi connectivity index (χ3n) is 6.52. The number of piperazine rings is 1. The second kappa shape index (κ2) is 9.79. The van der Waals surface area contributed by atoms with Gasteiger partial charge in [0.1, 0.15) is 17.1 Å². The zero-order chi connectivity index (χ0) is 24.4. The SMILES string of the molecule is O=C(O)Oc1ccc2[nH]cc(CCCCN3CCN(c4cc5ccc(=O)oc5cc4F)CC3)c2c1. The van der Waals surface area contributed by atoms with Crippen LogP contribution in [0.25, 0.3) is 21.9 Å². The fourth-order valence-electron chi connectivity index (χ4n) is 4.71. The number of rotatable bonds is 7. The van der Waals surface area contributed by atoms with Gasteiger partial charge in [-0.3, -0.25) is 4.90 Å². The smallest absolute Gasteiger partial charge is 0.449 e. The van der Waals surface area contributed by atoms with Crippen molar-refractivity contribution in [2.75, 3.05) is 37.6 Å². The van der Waals surface area contributed by atoms with E-state index in [9.17, 15) is 14.0 Å². The van der Waals surface area contributed by atoms with E-state index >= 15 is 0 Å². The number of hydrogen-bond acceptors (Lipinski definition) is 6. The predicted octanol–water partition coefficient (Wildman–Crippen LogP) is 4.62. The molecule has 9 heteroatoms. The molecule has 3 heterocycles. The molecule has 1 saturated heterocycles. The summed E-state index contributed by atoms with van der Waals surface area (Å²) in [5.41, 5.74) is 2.41. The number of halogens is 1. The number of nitrogens with one attached hydrogen (secondary N) is 1. The summed E-state index contributed by atoms with van der Waals surface area (Å²) in [5.74, 6) is -0.0629. The molecule has 0 aliphatic carbocycles. The van der Waals surface area contributed by atoms with Crippen LogP contribution in [0.4, 0.5) is 14.9 Å². The summed E-state index contributed by atoms with van der Waals surface area (Å²) >= 11 is 0. The Labute approximate surface area is 200 Å². The van der Waals surface area contributed by atoms with Gasteiger partial charge < -0.3 is 24.1 Å². The maximum atomic E-state index is 14.7. The normalized spacial score (nSPS) is 14.6. The molecule has 5 rings (SSSR count). The van der Waals surface area contributed by atoms with Gasteiger partial charge in [0.2, 0.25) is 0 Å². The molecule has 2 aromatic heterocycles. The molecule has 0 spiro atoms. The van der Waals surface area contributed by atoms with Gasteiger partial charge in [0.15, 0.2) is 0 Å². The molecule has 1 fully saturated rings.